The van der Waals surface area contributed by atoms with Gasteiger partial charge in [-0.15, -0.1) is 0 Å². The number of hydrogen-bond acceptors (Lipinski definition) is 3. The van der Waals surface area contributed by atoms with Gasteiger partial charge in [0.25, 0.3) is 5.91 Å². The first-order valence-corrected chi connectivity index (χ1v) is 12.2. The zero-order valence-electron chi connectivity index (χ0n) is 17.9. The summed E-state index contributed by atoms with van der Waals surface area (Å²) in [6.07, 6.45) is 7.59. The molecule has 4 rings (SSSR count). The minimum Gasteiger partial charge on any atom is -0.451 e. The standard InChI is InChI=1S/C26H31NO2S/c1-3-18(2)20-13-7-9-15-23(20)27-26(28)25-22(17-30-19-11-5-4-6-12-19)21-14-8-10-16-24(21)29-25/h7-10,13-16,18-19H,3-6,11-12,17H2,1-2H3,(H,27,28)/t18-/m0/s1. The molecule has 0 saturated heterocycles. The molecule has 1 saturated carbocycles. The molecular formula is C26H31NO2S. The Labute approximate surface area is 183 Å². The first-order chi connectivity index (χ1) is 14.7. The van der Waals surface area contributed by atoms with Gasteiger partial charge < -0.3 is 9.73 Å². The van der Waals surface area contributed by atoms with Gasteiger partial charge in [0.05, 0.1) is 0 Å². The number of anilines is 1. The molecule has 0 bridgehead atoms. The third-order valence-corrected chi connectivity index (χ3v) is 7.67. The van der Waals surface area contributed by atoms with Gasteiger partial charge in [-0.3, -0.25) is 4.79 Å². The minimum atomic E-state index is -0.152. The van der Waals surface area contributed by atoms with Crippen molar-refractivity contribution in [3.63, 3.8) is 0 Å². The molecule has 1 aliphatic rings. The van der Waals surface area contributed by atoms with Gasteiger partial charge in [0.15, 0.2) is 5.76 Å². The molecule has 0 aliphatic heterocycles. The molecule has 1 amide bonds. The molecule has 1 aromatic heterocycles. The quantitative estimate of drug-likeness (QED) is 0.424. The van der Waals surface area contributed by atoms with E-state index >= 15 is 0 Å². The predicted octanol–water partition coefficient (Wildman–Crippen LogP) is 7.76. The van der Waals surface area contributed by atoms with Crippen molar-refractivity contribution in [2.45, 2.75) is 69.3 Å². The smallest absolute Gasteiger partial charge is 0.291 e. The number of thioether (sulfide) groups is 1. The summed E-state index contributed by atoms with van der Waals surface area (Å²) in [5.41, 5.74) is 3.86. The fourth-order valence-electron chi connectivity index (χ4n) is 4.30. The summed E-state index contributed by atoms with van der Waals surface area (Å²) in [7, 11) is 0. The molecule has 1 aliphatic carbocycles. The monoisotopic (exact) mass is 421 g/mol. The van der Waals surface area contributed by atoms with Crippen LogP contribution in [0.3, 0.4) is 0 Å². The molecule has 0 spiro atoms. The third kappa shape index (κ3) is 4.59. The van der Waals surface area contributed by atoms with Gasteiger partial charge in [-0.1, -0.05) is 69.5 Å². The van der Waals surface area contributed by atoms with E-state index in [0.717, 1.165) is 34.4 Å². The Morgan fingerprint density at radius 1 is 1.10 bits per heavy atom. The highest BCUT2D eigenvalue weighted by molar-refractivity contribution is 7.99. The molecule has 0 radical (unpaired) electrons. The van der Waals surface area contributed by atoms with Crippen molar-refractivity contribution in [3.05, 3.63) is 65.4 Å². The zero-order valence-corrected chi connectivity index (χ0v) is 18.8. The Hall–Kier alpha value is -2.20. The number of benzene rings is 2. The molecule has 1 heterocycles. The van der Waals surface area contributed by atoms with Gasteiger partial charge in [-0.25, -0.2) is 0 Å². The number of hydrogen-bond donors (Lipinski definition) is 1. The van der Waals surface area contributed by atoms with E-state index in [1.807, 2.05) is 48.2 Å². The summed E-state index contributed by atoms with van der Waals surface area (Å²) in [6, 6.07) is 16.1. The first kappa shape index (κ1) is 21.0. The average Bonchev–Trinajstić information content (AvgIpc) is 3.17. The van der Waals surface area contributed by atoms with Gasteiger partial charge in [0, 0.05) is 27.6 Å². The summed E-state index contributed by atoms with van der Waals surface area (Å²) in [5, 5.41) is 4.89. The van der Waals surface area contributed by atoms with Crippen LogP contribution in [0.5, 0.6) is 0 Å². The third-order valence-electron chi connectivity index (χ3n) is 6.27. The Balaban J connectivity index is 1.61. The highest BCUT2D eigenvalue weighted by Crippen LogP contribution is 2.35. The molecule has 3 nitrogen and oxygen atoms in total. The van der Waals surface area contributed by atoms with Crippen LogP contribution in [0.25, 0.3) is 11.0 Å². The normalized spacial score (nSPS) is 15.9. The molecule has 0 unspecified atom stereocenters. The zero-order chi connectivity index (χ0) is 20.9. The molecule has 3 aromatic rings. The first-order valence-electron chi connectivity index (χ1n) is 11.2. The van der Waals surface area contributed by atoms with E-state index in [9.17, 15) is 4.79 Å². The van der Waals surface area contributed by atoms with Crippen LogP contribution in [0.4, 0.5) is 5.69 Å². The maximum absolute atomic E-state index is 13.3. The summed E-state index contributed by atoms with van der Waals surface area (Å²) in [4.78, 5) is 13.3. The van der Waals surface area contributed by atoms with E-state index in [1.165, 1.54) is 37.7 Å². The van der Waals surface area contributed by atoms with E-state index in [0.29, 0.717) is 16.9 Å². The average molecular weight is 422 g/mol. The van der Waals surface area contributed by atoms with Crippen molar-refractivity contribution in [3.8, 4) is 0 Å². The second-order valence-electron chi connectivity index (χ2n) is 8.33. The predicted molar refractivity (Wildman–Crippen MR) is 127 cm³/mol. The number of furan rings is 1. The van der Waals surface area contributed by atoms with Crippen LogP contribution in [-0.4, -0.2) is 11.2 Å². The lowest BCUT2D eigenvalue weighted by molar-refractivity contribution is 0.0997. The molecule has 30 heavy (non-hydrogen) atoms. The van der Waals surface area contributed by atoms with E-state index < -0.39 is 0 Å². The second kappa shape index (κ2) is 9.74. The topological polar surface area (TPSA) is 42.2 Å². The Morgan fingerprint density at radius 3 is 2.63 bits per heavy atom. The Morgan fingerprint density at radius 2 is 1.83 bits per heavy atom. The van der Waals surface area contributed by atoms with Gasteiger partial charge in [-0.05, 0) is 42.9 Å². The molecule has 2 aromatic carbocycles. The number of rotatable bonds is 7. The summed E-state index contributed by atoms with van der Waals surface area (Å²) < 4.78 is 6.07. The van der Waals surface area contributed by atoms with Crippen LogP contribution in [0, 0.1) is 0 Å². The number of nitrogens with one attached hydrogen (secondary N) is 1. The maximum Gasteiger partial charge on any atom is 0.291 e. The summed E-state index contributed by atoms with van der Waals surface area (Å²) in [6.45, 7) is 4.36. The molecule has 1 N–H and O–H groups in total. The lowest BCUT2D eigenvalue weighted by Gasteiger charge is -2.21. The number of para-hydroxylation sites is 2. The van der Waals surface area contributed by atoms with Crippen molar-refractivity contribution < 1.29 is 9.21 Å². The highest BCUT2D eigenvalue weighted by Gasteiger charge is 2.23. The minimum absolute atomic E-state index is 0.152. The Kier molecular flexibility index (Phi) is 6.83. The molecule has 4 heteroatoms. The molecule has 1 atom stereocenters. The molecule has 158 valence electrons. The van der Waals surface area contributed by atoms with Crippen LogP contribution in [0.2, 0.25) is 0 Å². The van der Waals surface area contributed by atoms with Crippen LogP contribution in [-0.2, 0) is 5.75 Å². The van der Waals surface area contributed by atoms with Gasteiger partial charge in [-0.2, -0.15) is 11.8 Å². The largest absolute Gasteiger partial charge is 0.451 e. The number of carbonyl (C=O) groups is 1. The van der Waals surface area contributed by atoms with Crippen LogP contribution in [0.15, 0.2) is 52.9 Å². The van der Waals surface area contributed by atoms with Crippen molar-refractivity contribution >= 4 is 34.3 Å². The lowest BCUT2D eigenvalue weighted by Crippen LogP contribution is -2.15. The van der Waals surface area contributed by atoms with Crippen LogP contribution in [0.1, 0.15) is 80.0 Å². The van der Waals surface area contributed by atoms with E-state index in [1.54, 1.807) is 0 Å². The maximum atomic E-state index is 13.3. The van der Waals surface area contributed by atoms with Crippen molar-refractivity contribution in [2.75, 3.05) is 5.32 Å². The number of amides is 1. The van der Waals surface area contributed by atoms with Crippen molar-refractivity contribution in [1.29, 1.82) is 0 Å². The van der Waals surface area contributed by atoms with Crippen LogP contribution >= 0.6 is 11.8 Å². The highest BCUT2D eigenvalue weighted by atomic mass is 32.2. The molecule has 1 fully saturated rings. The van der Waals surface area contributed by atoms with Crippen molar-refractivity contribution in [1.82, 2.24) is 0 Å². The van der Waals surface area contributed by atoms with E-state index in [-0.39, 0.29) is 5.91 Å². The fourth-order valence-corrected chi connectivity index (χ4v) is 5.65. The second-order valence-corrected chi connectivity index (χ2v) is 9.62. The van der Waals surface area contributed by atoms with E-state index in [4.69, 9.17) is 4.42 Å². The fraction of sp³-hybridized carbons (Fsp3) is 0.423. The number of fused-ring (bicyclic) bond motifs is 1. The lowest BCUT2D eigenvalue weighted by atomic mass is 9.97. The molecular weight excluding hydrogens is 390 g/mol. The SMILES string of the molecule is CC[C@H](C)c1ccccc1NC(=O)c1oc2ccccc2c1CSC1CCCCC1. The Bertz CT molecular complexity index is 1000. The van der Waals surface area contributed by atoms with Gasteiger partial charge >= 0.3 is 0 Å². The van der Waals surface area contributed by atoms with Crippen molar-refractivity contribution in [2.24, 2.45) is 0 Å². The summed E-state index contributed by atoms with van der Waals surface area (Å²) >= 11 is 1.98. The van der Waals surface area contributed by atoms with Gasteiger partial charge in [0.1, 0.15) is 5.58 Å². The van der Waals surface area contributed by atoms with Gasteiger partial charge in [0.2, 0.25) is 0 Å². The van der Waals surface area contributed by atoms with Crippen LogP contribution < -0.4 is 5.32 Å². The van der Waals surface area contributed by atoms with E-state index in [2.05, 4.69) is 31.3 Å². The summed E-state index contributed by atoms with van der Waals surface area (Å²) in [5.74, 6) is 1.51. The number of carbonyl (C=O) groups excluding carboxylic acids is 1.